The van der Waals surface area contributed by atoms with Crippen LogP contribution in [0.5, 0.6) is 0 Å². The maximum Gasteiger partial charge on any atom is 0.338 e. The van der Waals surface area contributed by atoms with Crippen molar-refractivity contribution in [2.24, 2.45) is 7.05 Å². The van der Waals surface area contributed by atoms with E-state index in [2.05, 4.69) is 10.0 Å². The van der Waals surface area contributed by atoms with E-state index in [1.165, 1.54) is 48.9 Å². The Balaban J connectivity index is 1.47. The highest BCUT2D eigenvalue weighted by molar-refractivity contribution is 7.92. The molecule has 1 heterocycles. The fraction of sp³-hybridized carbons (Fsp3) is 0.179. The summed E-state index contributed by atoms with van der Waals surface area (Å²) in [4.78, 5) is 38.4. The Kier molecular flexibility index (Phi) is 7.91. The van der Waals surface area contributed by atoms with Crippen molar-refractivity contribution in [3.63, 3.8) is 0 Å². The molecule has 2 N–H and O–H groups in total. The second-order valence-corrected chi connectivity index (χ2v) is 10.7. The first-order valence-corrected chi connectivity index (χ1v) is 13.6. The Morgan fingerprint density at radius 1 is 0.975 bits per heavy atom. The van der Waals surface area contributed by atoms with Crippen molar-refractivity contribution in [1.82, 2.24) is 9.36 Å². The summed E-state index contributed by atoms with van der Waals surface area (Å²) in [5.41, 5.74) is 1.05. The fourth-order valence-corrected chi connectivity index (χ4v) is 5.31. The molecule has 0 fully saturated rings. The minimum Gasteiger partial charge on any atom is -0.449 e. The highest BCUT2D eigenvalue weighted by atomic mass is 32.2. The van der Waals surface area contributed by atoms with Gasteiger partial charge in [-0.25, -0.2) is 22.3 Å². The number of nitrogens with zero attached hydrogens (tertiary/aromatic N) is 2. The summed E-state index contributed by atoms with van der Waals surface area (Å²) in [5, 5.41) is 2.54. The van der Waals surface area contributed by atoms with Crippen LogP contribution in [0, 0.1) is 19.7 Å². The van der Waals surface area contributed by atoms with E-state index in [1.807, 2.05) is 6.07 Å². The van der Waals surface area contributed by atoms with Gasteiger partial charge in [-0.2, -0.15) is 0 Å². The molecule has 0 aliphatic carbocycles. The molecule has 208 valence electrons. The van der Waals surface area contributed by atoms with Crippen LogP contribution in [0.4, 0.5) is 15.8 Å². The number of aryl methyl sites for hydroxylation is 1. The van der Waals surface area contributed by atoms with Crippen LogP contribution in [0.1, 0.15) is 28.5 Å². The fourth-order valence-electron chi connectivity index (χ4n) is 4.00. The molecule has 10 nitrogen and oxygen atoms in total. The third kappa shape index (κ3) is 5.81. The number of nitrogens with one attached hydrogen (secondary N) is 2. The Morgan fingerprint density at radius 2 is 1.68 bits per heavy atom. The number of carbonyl (C=O) groups is 2. The SMILES string of the molecule is Cc1ccc(F)cc1S(=O)(=O)Nc1cccc(C(=O)OC(C)C(=O)Nc2c(C)n(C)n(-c3ccccc3)c2=O)c1. The number of hydrogen-bond donors (Lipinski definition) is 2. The van der Waals surface area contributed by atoms with Crippen LogP contribution < -0.4 is 15.6 Å². The molecule has 1 aromatic heterocycles. The predicted octanol–water partition coefficient (Wildman–Crippen LogP) is 3.92. The zero-order chi connectivity index (χ0) is 29.2. The average molecular weight is 567 g/mol. The van der Waals surface area contributed by atoms with Gasteiger partial charge in [-0.3, -0.25) is 19.0 Å². The molecule has 4 rings (SSSR count). The minimum atomic E-state index is -4.15. The normalized spacial score (nSPS) is 12.0. The lowest BCUT2D eigenvalue weighted by atomic mass is 10.2. The number of carbonyl (C=O) groups excluding carboxylic acids is 2. The summed E-state index contributed by atoms with van der Waals surface area (Å²) >= 11 is 0. The van der Waals surface area contributed by atoms with Crippen molar-refractivity contribution >= 4 is 33.3 Å². The van der Waals surface area contributed by atoms with E-state index in [9.17, 15) is 27.2 Å². The summed E-state index contributed by atoms with van der Waals surface area (Å²) in [5.74, 6) is -2.32. The Morgan fingerprint density at radius 3 is 2.38 bits per heavy atom. The van der Waals surface area contributed by atoms with Crippen LogP contribution in [0.15, 0.2) is 82.5 Å². The topological polar surface area (TPSA) is 128 Å². The molecular formula is C28H27FN4O6S. The quantitative estimate of drug-likeness (QED) is 0.311. The second-order valence-electron chi connectivity index (χ2n) is 9.07. The zero-order valence-corrected chi connectivity index (χ0v) is 23.0. The standard InChI is InChI=1S/C28H27FN4O6S/c1-17-13-14-21(29)16-24(17)40(37,38)31-22-10-8-9-20(15-22)28(36)39-19(3)26(34)30-25-18(2)32(4)33(27(25)35)23-11-6-5-7-12-23/h5-16,19,31H,1-4H3,(H,30,34). The van der Waals surface area contributed by atoms with Gasteiger partial charge in [0.1, 0.15) is 11.5 Å². The summed E-state index contributed by atoms with van der Waals surface area (Å²) in [7, 11) is -2.47. The number of esters is 1. The van der Waals surface area contributed by atoms with Crippen molar-refractivity contribution < 1.29 is 27.1 Å². The summed E-state index contributed by atoms with van der Waals surface area (Å²) in [6, 6.07) is 17.8. The lowest BCUT2D eigenvalue weighted by Gasteiger charge is -2.14. The van der Waals surface area contributed by atoms with E-state index in [1.54, 1.807) is 42.9 Å². The smallest absolute Gasteiger partial charge is 0.338 e. The van der Waals surface area contributed by atoms with Crippen molar-refractivity contribution in [3.8, 4) is 5.69 Å². The monoisotopic (exact) mass is 566 g/mol. The summed E-state index contributed by atoms with van der Waals surface area (Å²) < 4.78 is 49.8. The Hall–Kier alpha value is -4.71. The van der Waals surface area contributed by atoms with Gasteiger partial charge in [-0.05, 0) is 68.8 Å². The molecule has 0 aliphatic rings. The molecule has 0 bridgehead atoms. The van der Waals surface area contributed by atoms with Gasteiger partial charge in [0.05, 0.1) is 21.8 Å². The number of para-hydroxylation sites is 1. The number of benzene rings is 3. The first-order chi connectivity index (χ1) is 18.9. The van der Waals surface area contributed by atoms with Crippen molar-refractivity contribution in [2.75, 3.05) is 10.0 Å². The molecule has 0 saturated heterocycles. The van der Waals surface area contributed by atoms with Crippen LogP contribution in [0.3, 0.4) is 0 Å². The van der Waals surface area contributed by atoms with Gasteiger partial charge >= 0.3 is 5.97 Å². The molecule has 1 atom stereocenters. The number of sulfonamides is 1. The van der Waals surface area contributed by atoms with E-state index in [4.69, 9.17) is 4.74 Å². The lowest BCUT2D eigenvalue weighted by Crippen LogP contribution is -2.32. The molecule has 0 radical (unpaired) electrons. The van der Waals surface area contributed by atoms with Crippen LogP contribution >= 0.6 is 0 Å². The van der Waals surface area contributed by atoms with Crippen molar-refractivity contribution in [2.45, 2.75) is 31.8 Å². The summed E-state index contributed by atoms with van der Waals surface area (Å²) in [6.45, 7) is 4.55. The molecule has 4 aromatic rings. The van der Waals surface area contributed by atoms with E-state index in [0.29, 0.717) is 16.9 Å². The van der Waals surface area contributed by atoms with Crippen molar-refractivity contribution in [1.29, 1.82) is 0 Å². The maximum absolute atomic E-state index is 13.6. The van der Waals surface area contributed by atoms with Crippen LogP contribution in [-0.4, -0.2) is 35.8 Å². The van der Waals surface area contributed by atoms with Crippen LogP contribution in [0.25, 0.3) is 5.69 Å². The first kappa shape index (κ1) is 28.3. The average Bonchev–Trinajstić information content (AvgIpc) is 3.13. The minimum absolute atomic E-state index is 0.0295. The molecule has 12 heteroatoms. The highest BCUT2D eigenvalue weighted by Crippen LogP contribution is 2.22. The molecular weight excluding hydrogens is 539 g/mol. The van der Waals surface area contributed by atoms with E-state index >= 15 is 0 Å². The Bertz CT molecular complexity index is 1760. The number of anilines is 2. The second kappa shape index (κ2) is 11.2. The number of halogens is 1. The third-order valence-corrected chi connectivity index (χ3v) is 7.77. The molecule has 0 aliphatic heterocycles. The highest BCUT2D eigenvalue weighted by Gasteiger charge is 2.24. The molecule has 40 heavy (non-hydrogen) atoms. The first-order valence-electron chi connectivity index (χ1n) is 12.1. The van der Waals surface area contributed by atoms with Gasteiger partial charge in [0.25, 0.3) is 21.5 Å². The molecule has 1 unspecified atom stereocenters. The number of rotatable bonds is 8. The number of ether oxygens (including phenoxy) is 1. The molecule has 1 amide bonds. The van der Waals surface area contributed by atoms with Gasteiger partial charge in [-0.1, -0.05) is 30.3 Å². The van der Waals surface area contributed by atoms with Gasteiger partial charge < -0.3 is 10.1 Å². The maximum atomic E-state index is 13.6. The van der Waals surface area contributed by atoms with Crippen LogP contribution in [-0.2, 0) is 26.6 Å². The lowest BCUT2D eigenvalue weighted by molar-refractivity contribution is -0.123. The molecule has 0 spiro atoms. The van der Waals surface area contributed by atoms with Crippen LogP contribution in [0.2, 0.25) is 0 Å². The van der Waals surface area contributed by atoms with E-state index in [-0.39, 0.29) is 21.8 Å². The third-order valence-electron chi connectivity index (χ3n) is 6.25. The zero-order valence-electron chi connectivity index (χ0n) is 22.1. The largest absolute Gasteiger partial charge is 0.449 e. The molecule has 0 saturated carbocycles. The van der Waals surface area contributed by atoms with E-state index < -0.39 is 39.4 Å². The van der Waals surface area contributed by atoms with Gasteiger partial charge in [0.2, 0.25) is 0 Å². The van der Waals surface area contributed by atoms with E-state index in [0.717, 1.165) is 12.1 Å². The van der Waals surface area contributed by atoms with Gasteiger partial charge in [0.15, 0.2) is 6.10 Å². The number of hydrogen-bond acceptors (Lipinski definition) is 6. The number of aromatic nitrogens is 2. The Labute approximate surface area is 230 Å². The molecule has 3 aromatic carbocycles. The van der Waals surface area contributed by atoms with Crippen molar-refractivity contribution in [3.05, 3.63) is 106 Å². The number of amides is 1. The van der Waals surface area contributed by atoms with Gasteiger partial charge in [0, 0.05) is 12.7 Å². The van der Waals surface area contributed by atoms with Gasteiger partial charge in [-0.15, -0.1) is 0 Å². The predicted molar refractivity (Wildman–Crippen MR) is 148 cm³/mol. The summed E-state index contributed by atoms with van der Waals surface area (Å²) in [6.07, 6.45) is -1.29.